The second kappa shape index (κ2) is 6.56. The van der Waals surface area contributed by atoms with Crippen molar-refractivity contribution in [1.29, 1.82) is 5.26 Å². The molecule has 1 aromatic carbocycles. The quantitative estimate of drug-likeness (QED) is 0.877. The molecule has 1 aromatic rings. The normalized spacial score (nSPS) is 16.6. The summed E-state index contributed by atoms with van der Waals surface area (Å²) < 4.78 is 0. The first-order chi connectivity index (χ1) is 9.70. The molecule has 0 aromatic heterocycles. The van der Waals surface area contributed by atoms with E-state index >= 15 is 0 Å². The fraction of sp³-hybridized carbons (Fsp3) is 0.529. The third-order valence-electron chi connectivity index (χ3n) is 4.14. The smallest absolute Gasteiger partial charge is 0.244 e. The number of hydrogen-bond acceptors (Lipinski definition) is 2. The van der Waals surface area contributed by atoms with E-state index in [9.17, 15) is 10.1 Å². The Labute approximate surface area is 121 Å². The first-order valence-electron chi connectivity index (χ1n) is 7.52. The molecule has 0 bridgehead atoms. The first kappa shape index (κ1) is 14.6. The molecule has 0 aliphatic heterocycles. The van der Waals surface area contributed by atoms with E-state index in [1.807, 2.05) is 12.1 Å². The second-order valence-electron chi connectivity index (χ2n) is 5.66. The van der Waals surface area contributed by atoms with Crippen molar-refractivity contribution in [2.75, 3.05) is 5.32 Å². The van der Waals surface area contributed by atoms with Crippen LogP contribution in [0, 0.1) is 16.7 Å². The van der Waals surface area contributed by atoms with Crippen LogP contribution in [0.4, 0.5) is 5.69 Å². The number of nitriles is 1. The van der Waals surface area contributed by atoms with Crippen molar-refractivity contribution in [3.05, 3.63) is 29.8 Å². The minimum atomic E-state index is -0.805. The zero-order valence-electron chi connectivity index (χ0n) is 12.1. The molecule has 0 radical (unpaired) electrons. The maximum absolute atomic E-state index is 12.3. The molecular formula is C17H22N2O. The van der Waals surface area contributed by atoms with Crippen LogP contribution in [-0.2, 0) is 11.2 Å². The highest BCUT2D eigenvalue weighted by molar-refractivity contribution is 5.97. The molecule has 20 heavy (non-hydrogen) atoms. The summed E-state index contributed by atoms with van der Waals surface area (Å²) in [6.45, 7) is 2.18. The topological polar surface area (TPSA) is 52.9 Å². The highest BCUT2D eigenvalue weighted by Gasteiger charge is 2.41. The molecule has 1 aliphatic carbocycles. The van der Waals surface area contributed by atoms with Crippen molar-refractivity contribution >= 4 is 11.6 Å². The van der Waals surface area contributed by atoms with Gasteiger partial charge >= 0.3 is 0 Å². The van der Waals surface area contributed by atoms with E-state index in [1.54, 1.807) is 0 Å². The molecule has 3 heteroatoms. The number of benzene rings is 1. The van der Waals surface area contributed by atoms with Crippen LogP contribution in [0.3, 0.4) is 0 Å². The number of nitrogens with zero attached hydrogens (tertiary/aromatic N) is 1. The van der Waals surface area contributed by atoms with Crippen molar-refractivity contribution in [3.8, 4) is 6.07 Å². The van der Waals surface area contributed by atoms with Crippen LogP contribution in [0.25, 0.3) is 0 Å². The van der Waals surface area contributed by atoms with Crippen LogP contribution >= 0.6 is 0 Å². The molecule has 106 valence electrons. The first-order valence-corrected chi connectivity index (χ1v) is 7.52. The number of aryl methyl sites for hydroxylation is 1. The number of nitrogens with one attached hydrogen (secondary N) is 1. The maximum Gasteiger partial charge on any atom is 0.244 e. The van der Waals surface area contributed by atoms with Gasteiger partial charge in [0.25, 0.3) is 0 Å². The lowest BCUT2D eigenvalue weighted by Crippen LogP contribution is -2.32. The van der Waals surface area contributed by atoms with Crippen molar-refractivity contribution in [2.24, 2.45) is 5.41 Å². The Morgan fingerprint density at radius 1 is 1.30 bits per heavy atom. The number of carbonyl (C=O) groups is 1. The predicted octanol–water partition coefficient (Wildman–Crippen LogP) is 4.05. The highest BCUT2D eigenvalue weighted by Crippen LogP contribution is 2.38. The summed E-state index contributed by atoms with van der Waals surface area (Å²) in [7, 11) is 0. The minimum absolute atomic E-state index is 0.140. The van der Waals surface area contributed by atoms with Crippen LogP contribution < -0.4 is 5.32 Å². The van der Waals surface area contributed by atoms with Gasteiger partial charge in [-0.05, 0) is 43.4 Å². The molecular weight excluding hydrogens is 248 g/mol. The average molecular weight is 270 g/mol. The van der Waals surface area contributed by atoms with Gasteiger partial charge in [-0.25, -0.2) is 0 Å². The lowest BCUT2D eigenvalue weighted by atomic mass is 9.87. The fourth-order valence-corrected chi connectivity index (χ4v) is 2.75. The Morgan fingerprint density at radius 2 is 1.95 bits per heavy atom. The summed E-state index contributed by atoms with van der Waals surface area (Å²) >= 11 is 0. The van der Waals surface area contributed by atoms with Crippen molar-refractivity contribution in [1.82, 2.24) is 0 Å². The van der Waals surface area contributed by atoms with Crippen molar-refractivity contribution < 1.29 is 4.79 Å². The molecule has 1 amide bonds. The maximum atomic E-state index is 12.3. The van der Waals surface area contributed by atoms with E-state index in [-0.39, 0.29) is 5.91 Å². The van der Waals surface area contributed by atoms with Gasteiger partial charge in [0.15, 0.2) is 0 Å². The summed E-state index contributed by atoms with van der Waals surface area (Å²) in [5.41, 5.74) is 1.28. The molecule has 0 heterocycles. The van der Waals surface area contributed by atoms with Gasteiger partial charge in [0, 0.05) is 5.69 Å². The number of carbonyl (C=O) groups excluding carboxylic acids is 1. The molecule has 3 nitrogen and oxygen atoms in total. The van der Waals surface area contributed by atoms with Crippen molar-refractivity contribution in [3.63, 3.8) is 0 Å². The van der Waals surface area contributed by atoms with E-state index < -0.39 is 5.41 Å². The third kappa shape index (κ3) is 3.19. The number of hydrogen-bond donors (Lipinski definition) is 1. The molecule has 1 saturated carbocycles. The molecule has 1 fully saturated rings. The van der Waals surface area contributed by atoms with Gasteiger partial charge in [0.05, 0.1) is 6.07 Å². The standard InChI is InChI=1S/C17H22N2O/c1-2-3-6-14-7-9-15(10-8-14)19-16(20)17(13-18)11-4-5-12-17/h7-10H,2-6,11-12H2,1H3,(H,19,20). The van der Waals surface area contributed by atoms with Gasteiger partial charge in [-0.3, -0.25) is 4.79 Å². The Morgan fingerprint density at radius 3 is 2.50 bits per heavy atom. The molecule has 2 rings (SSSR count). The van der Waals surface area contributed by atoms with Crippen LogP contribution in [-0.4, -0.2) is 5.91 Å². The summed E-state index contributed by atoms with van der Waals surface area (Å²) in [5, 5.41) is 12.2. The molecule has 1 N–H and O–H groups in total. The Balaban J connectivity index is 1.99. The zero-order chi connectivity index (χ0) is 14.4. The summed E-state index contributed by atoms with van der Waals surface area (Å²) in [6, 6.07) is 10.2. The molecule has 0 atom stereocenters. The predicted molar refractivity (Wildman–Crippen MR) is 80.2 cm³/mol. The van der Waals surface area contributed by atoms with Gasteiger partial charge in [-0.2, -0.15) is 5.26 Å². The molecule has 0 unspecified atom stereocenters. The molecule has 0 spiro atoms. The Kier molecular flexibility index (Phi) is 4.79. The third-order valence-corrected chi connectivity index (χ3v) is 4.14. The van der Waals surface area contributed by atoms with Gasteiger partial charge < -0.3 is 5.32 Å². The molecule has 1 aliphatic rings. The minimum Gasteiger partial charge on any atom is -0.325 e. The van der Waals surface area contributed by atoms with E-state index in [1.165, 1.54) is 18.4 Å². The molecule has 0 saturated heterocycles. The second-order valence-corrected chi connectivity index (χ2v) is 5.66. The summed E-state index contributed by atoms with van der Waals surface area (Å²) in [6.07, 6.45) is 6.75. The highest BCUT2D eigenvalue weighted by atomic mass is 16.2. The summed E-state index contributed by atoms with van der Waals surface area (Å²) in [4.78, 5) is 12.3. The fourth-order valence-electron chi connectivity index (χ4n) is 2.75. The van der Waals surface area contributed by atoms with Crippen LogP contribution in [0.2, 0.25) is 0 Å². The number of anilines is 1. The Hall–Kier alpha value is -1.82. The Bertz CT molecular complexity index is 493. The van der Waals surface area contributed by atoms with Gasteiger partial charge in [0.1, 0.15) is 5.41 Å². The lowest BCUT2D eigenvalue weighted by molar-refractivity contribution is -0.122. The van der Waals surface area contributed by atoms with Crippen molar-refractivity contribution in [2.45, 2.75) is 51.9 Å². The van der Waals surface area contributed by atoms with E-state index in [4.69, 9.17) is 0 Å². The number of unbranched alkanes of at least 4 members (excludes halogenated alkanes) is 1. The van der Waals surface area contributed by atoms with Crippen LogP contribution in [0.1, 0.15) is 51.0 Å². The van der Waals surface area contributed by atoms with Crippen LogP contribution in [0.5, 0.6) is 0 Å². The van der Waals surface area contributed by atoms with Gasteiger partial charge in [0.2, 0.25) is 5.91 Å². The monoisotopic (exact) mass is 270 g/mol. The SMILES string of the molecule is CCCCc1ccc(NC(=O)C2(C#N)CCCC2)cc1. The van der Waals surface area contributed by atoms with Gasteiger partial charge in [-0.15, -0.1) is 0 Å². The van der Waals surface area contributed by atoms with E-state index in [2.05, 4.69) is 30.4 Å². The van der Waals surface area contributed by atoms with E-state index in [0.29, 0.717) is 12.8 Å². The van der Waals surface area contributed by atoms with Crippen LogP contribution in [0.15, 0.2) is 24.3 Å². The van der Waals surface area contributed by atoms with Gasteiger partial charge in [-0.1, -0.05) is 38.3 Å². The number of amides is 1. The van der Waals surface area contributed by atoms with E-state index in [0.717, 1.165) is 24.9 Å². The summed E-state index contributed by atoms with van der Waals surface area (Å²) in [5.74, 6) is -0.140. The lowest BCUT2D eigenvalue weighted by Gasteiger charge is -2.19. The largest absolute Gasteiger partial charge is 0.325 e. The average Bonchev–Trinajstić information content (AvgIpc) is 2.97. The number of rotatable bonds is 5. The zero-order valence-corrected chi connectivity index (χ0v) is 12.1.